The summed E-state index contributed by atoms with van der Waals surface area (Å²) >= 11 is 0. The smallest absolute Gasteiger partial charge is 0.144 e. The molecule has 5 nitrogen and oxygen atoms in total. The molecule has 0 radical (unpaired) electrons. The third-order valence-corrected chi connectivity index (χ3v) is 4.13. The second kappa shape index (κ2) is 14.5. The van der Waals surface area contributed by atoms with Crippen molar-refractivity contribution in [3.8, 4) is 11.5 Å². The Kier molecular flexibility index (Phi) is 11.9. The predicted octanol–water partition coefficient (Wildman–Crippen LogP) is 5.14. The number of hydrogen-bond donors (Lipinski definition) is 1. The number of nitrogens with zero attached hydrogens (tertiary/aromatic N) is 1. The fourth-order valence-electron chi connectivity index (χ4n) is 2.65. The van der Waals surface area contributed by atoms with Gasteiger partial charge in [0.05, 0.1) is 7.11 Å². The standard InChI is InChI=1S/C15H17NO.C9H11NO.CH2O/c1-16-11-13-7-9-15(10-8-13)17-12-14-5-3-2-4-6-14;1-7-5-4-6-8(11-3)9(7)10-2;1-2/h2-10,16H,11-12H2,1H3;4-6H,2H2,1,3H3;1H2. The Morgan fingerprint density at radius 1 is 0.900 bits per heavy atom. The van der Waals surface area contributed by atoms with Gasteiger partial charge in [-0.2, -0.15) is 0 Å². The van der Waals surface area contributed by atoms with E-state index in [1.165, 1.54) is 11.1 Å². The van der Waals surface area contributed by atoms with Crippen LogP contribution in [0.3, 0.4) is 0 Å². The van der Waals surface area contributed by atoms with E-state index in [9.17, 15) is 0 Å². The molecule has 0 saturated carbocycles. The Morgan fingerprint density at radius 2 is 1.57 bits per heavy atom. The first-order valence-electron chi connectivity index (χ1n) is 9.47. The van der Waals surface area contributed by atoms with E-state index in [0.29, 0.717) is 6.61 Å². The van der Waals surface area contributed by atoms with Crippen molar-refractivity contribution < 1.29 is 14.3 Å². The molecule has 0 bridgehead atoms. The lowest BCUT2D eigenvalue weighted by molar-refractivity contribution is -0.0979. The number of ether oxygens (including phenoxy) is 2. The van der Waals surface area contributed by atoms with E-state index < -0.39 is 0 Å². The van der Waals surface area contributed by atoms with Gasteiger partial charge in [0.15, 0.2) is 0 Å². The summed E-state index contributed by atoms with van der Waals surface area (Å²) in [6, 6.07) is 24.1. The lowest BCUT2D eigenvalue weighted by Gasteiger charge is -2.07. The van der Waals surface area contributed by atoms with Gasteiger partial charge in [-0.15, -0.1) is 0 Å². The molecule has 3 aromatic carbocycles. The van der Waals surface area contributed by atoms with E-state index in [4.69, 9.17) is 14.3 Å². The van der Waals surface area contributed by atoms with Crippen LogP contribution in [0.4, 0.5) is 5.69 Å². The van der Waals surface area contributed by atoms with Gasteiger partial charge in [-0.1, -0.05) is 54.6 Å². The highest BCUT2D eigenvalue weighted by molar-refractivity contribution is 5.60. The number of carbonyl (C=O) groups is 1. The van der Waals surface area contributed by atoms with Gasteiger partial charge in [-0.3, -0.25) is 4.99 Å². The zero-order valence-corrected chi connectivity index (χ0v) is 17.9. The second-order valence-electron chi connectivity index (χ2n) is 6.23. The van der Waals surface area contributed by atoms with Gasteiger partial charge in [0.2, 0.25) is 0 Å². The predicted molar refractivity (Wildman–Crippen MR) is 124 cm³/mol. The third kappa shape index (κ3) is 8.29. The topological polar surface area (TPSA) is 59.9 Å². The summed E-state index contributed by atoms with van der Waals surface area (Å²) in [6.07, 6.45) is 0. The molecule has 0 atom stereocenters. The van der Waals surface area contributed by atoms with E-state index in [2.05, 4.69) is 41.3 Å². The number of methoxy groups -OCH3 is 1. The molecule has 0 saturated heterocycles. The molecule has 158 valence electrons. The molecule has 0 aliphatic heterocycles. The highest BCUT2D eigenvalue weighted by Gasteiger charge is 2.01. The quantitative estimate of drug-likeness (QED) is 0.552. The van der Waals surface area contributed by atoms with Crippen LogP contribution in [-0.2, 0) is 17.9 Å². The Bertz CT molecular complexity index is 865. The minimum atomic E-state index is 0.617. The Labute approximate surface area is 179 Å². The number of aliphatic imine (C=N–C) groups is 1. The molecular weight excluding hydrogens is 376 g/mol. The van der Waals surface area contributed by atoms with Gasteiger partial charge in [0, 0.05) is 6.54 Å². The van der Waals surface area contributed by atoms with E-state index >= 15 is 0 Å². The van der Waals surface area contributed by atoms with Crippen LogP contribution in [0.1, 0.15) is 16.7 Å². The average Bonchev–Trinajstić information content (AvgIpc) is 2.81. The van der Waals surface area contributed by atoms with Crippen LogP contribution in [-0.4, -0.2) is 27.7 Å². The van der Waals surface area contributed by atoms with Crippen molar-refractivity contribution in [2.24, 2.45) is 4.99 Å². The molecule has 3 rings (SSSR count). The van der Waals surface area contributed by atoms with Crippen molar-refractivity contribution in [2.75, 3.05) is 14.2 Å². The summed E-state index contributed by atoms with van der Waals surface area (Å²) in [5.74, 6) is 1.69. The van der Waals surface area contributed by atoms with Gasteiger partial charge in [0.25, 0.3) is 0 Å². The number of carbonyl (C=O) groups excluding carboxylic acids is 1. The van der Waals surface area contributed by atoms with Crippen molar-refractivity contribution in [1.82, 2.24) is 5.32 Å². The van der Waals surface area contributed by atoms with Crippen LogP contribution in [0.15, 0.2) is 77.8 Å². The summed E-state index contributed by atoms with van der Waals surface area (Å²) in [7, 11) is 3.57. The molecule has 0 fully saturated rings. The van der Waals surface area contributed by atoms with Gasteiger partial charge in [0.1, 0.15) is 30.6 Å². The van der Waals surface area contributed by atoms with Gasteiger partial charge >= 0.3 is 0 Å². The van der Waals surface area contributed by atoms with Crippen LogP contribution in [0.5, 0.6) is 11.5 Å². The molecule has 30 heavy (non-hydrogen) atoms. The molecular formula is C25H30N2O3. The number of nitrogens with one attached hydrogen (secondary N) is 1. The van der Waals surface area contributed by atoms with E-state index in [1.54, 1.807) is 7.11 Å². The largest absolute Gasteiger partial charge is 0.494 e. The minimum Gasteiger partial charge on any atom is -0.494 e. The van der Waals surface area contributed by atoms with Crippen molar-refractivity contribution in [2.45, 2.75) is 20.1 Å². The molecule has 5 heteroatoms. The zero-order chi connectivity index (χ0) is 22.2. The summed E-state index contributed by atoms with van der Waals surface area (Å²) in [5, 5.41) is 3.12. The summed E-state index contributed by atoms with van der Waals surface area (Å²) in [6.45, 7) is 8.95. The number of aryl methyl sites for hydroxylation is 1. The average molecular weight is 407 g/mol. The highest BCUT2D eigenvalue weighted by Crippen LogP contribution is 2.29. The van der Waals surface area contributed by atoms with E-state index in [1.807, 2.05) is 69.3 Å². The third-order valence-electron chi connectivity index (χ3n) is 4.13. The summed E-state index contributed by atoms with van der Waals surface area (Å²) < 4.78 is 10.8. The molecule has 1 N–H and O–H groups in total. The Hall–Kier alpha value is -3.44. The maximum atomic E-state index is 8.00. The van der Waals surface area contributed by atoms with Gasteiger partial charge in [-0.05, 0) is 55.6 Å². The normalized spacial score (nSPS) is 9.30. The minimum absolute atomic E-state index is 0.617. The Morgan fingerprint density at radius 3 is 2.10 bits per heavy atom. The van der Waals surface area contributed by atoms with Crippen LogP contribution in [0, 0.1) is 6.92 Å². The molecule has 0 heterocycles. The van der Waals surface area contributed by atoms with Crippen molar-refractivity contribution in [3.05, 3.63) is 89.5 Å². The maximum Gasteiger partial charge on any atom is 0.144 e. The van der Waals surface area contributed by atoms with Crippen LogP contribution in [0.25, 0.3) is 0 Å². The molecule has 0 amide bonds. The fourth-order valence-corrected chi connectivity index (χ4v) is 2.65. The van der Waals surface area contributed by atoms with Crippen LogP contribution in [0.2, 0.25) is 0 Å². The van der Waals surface area contributed by atoms with E-state index in [-0.39, 0.29) is 0 Å². The van der Waals surface area contributed by atoms with Crippen LogP contribution < -0.4 is 14.8 Å². The second-order valence-corrected chi connectivity index (χ2v) is 6.23. The molecule has 3 aromatic rings. The maximum absolute atomic E-state index is 8.00. The van der Waals surface area contributed by atoms with Crippen molar-refractivity contribution in [1.29, 1.82) is 0 Å². The number of hydrogen-bond acceptors (Lipinski definition) is 5. The number of benzene rings is 3. The molecule has 0 unspecified atom stereocenters. The van der Waals surface area contributed by atoms with Crippen molar-refractivity contribution >= 4 is 19.2 Å². The van der Waals surface area contributed by atoms with Gasteiger partial charge in [-0.25, -0.2) is 0 Å². The SMILES string of the molecule is C=Nc1c(C)cccc1OC.C=O.CNCc1ccc(OCc2ccccc2)cc1. The first-order valence-corrected chi connectivity index (χ1v) is 9.47. The first-order chi connectivity index (χ1) is 14.7. The van der Waals surface area contributed by atoms with Gasteiger partial charge < -0.3 is 19.6 Å². The molecule has 0 spiro atoms. The monoisotopic (exact) mass is 406 g/mol. The van der Waals surface area contributed by atoms with E-state index in [0.717, 1.165) is 29.3 Å². The summed E-state index contributed by atoms with van der Waals surface area (Å²) in [5.41, 5.74) is 4.36. The lowest BCUT2D eigenvalue weighted by atomic mass is 10.2. The molecule has 0 aliphatic rings. The Balaban J connectivity index is 0.000000300. The zero-order valence-electron chi connectivity index (χ0n) is 17.9. The van der Waals surface area contributed by atoms with Crippen LogP contribution >= 0.6 is 0 Å². The summed E-state index contributed by atoms with van der Waals surface area (Å²) in [4.78, 5) is 11.9. The lowest BCUT2D eigenvalue weighted by Crippen LogP contribution is -2.04. The molecule has 0 aliphatic carbocycles. The highest BCUT2D eigenvalue weighted by atomic mass is 16.5. The number of para-hydroxylation sites is 1. The number of rotatable bonds is 7. The fraction of sp³-hybridized carbons (Fsp3) is 0.200. The molecule has 0 aromatic heterocycles. The van der Waals surface area contributed by atoms with Crippen molar-refractivity contribution in [3.63, 3.8) is 0 Å². The first kappa shape index (κ1) is 24.6.